The lowest BCUT2D eigenvalue weighted by Crippen LogP contribution is -2.36. The summed E-state index contributed by atoms with van der Waals surface area (Å²) in [5.41, 5.74) is 3.00. The van der Waals surface area contributed by atoms with Gasteiger partial charge in [0.05, 0.1) is 11.9 Å². The van der Waals surface area contributed by atoms with Crippen LogP contribution in [-0.2, 0) is 6.42 Å². The van der Waals surface area contributed by atoms with Crippen LogP contribution in [0.1, 0.15) is 25.3 Å². The molecule has 8 heteroatoms. The minimum Gasteiger partial charge on any atom is -0.505 e. The number of halogens is 1. The molecule has 2 heterocycles. The predicted molar refractivity (Wildman–Crippen MR) is 125 cm³/mol. The van der Waals surface area contributed by atoms with Crippen LogP contribution in [0.2, 0.25) is 0 Å². The van der Waals surface area contributed by atoms with E-state index in [1.807, 2.05) is 25.1 Å². The van der Waals surface area contributed by atoms with Gasteiger partial charge in [-0.15, -0.1) is 0 Å². The van der Waals surface area contributed by atoms with E-state index in [1.165, 1.54) is 23.9 Å². The van der Waals surface area contributed by atoms with Crippen molar-refractivity contribution in [3.8, 4) is 17.0 Å². The Morgan fingerprint density at radius 3 is 2.70 bits per heavy atom. The average Bonchev–Trinajstić information content (AvgIpc) is 2.81. The molecule has 0 aliphatic rings. The van der Waals surface area contributed by atoms with Crippen molar-refractivity contribution in [2.24, 2.45) is 0 Å². The largest absolute Gasteiger partial charge is 0.505 e. The summed E-state index contributed by atoms with van der Waals surface area (Å²) in [7, 11) is 0. The Morgan fingerprint density at radius 1 is 1.09 bits per heavy atom. The number of amides is 2. The number of aromatic hydroxyl groups is 1. The normalized spacial score (nSPS) is 11.8. The SMILES string of the molecule is C[C@H](CCCc1ccccc1)NC(=O)Nc1ccc2ncc(-c3ccc(O)c(F)c3)nc2n1. The Morgan fingerprint density at radius 2 is 1.91 bits per heavy atom. The number of hydrogen-bond acceptors (Lipinski definition) is 5. The third-order valence-corrected chi connectivity index (χ3v) is 5.21. The Kier molecular flexibility index (Phi) is 6.73. The van der Waals surface area contributed by atoms with Gasteiger partial charge in [-0.3, -0.25) is 10.3 Å². The summed E-state index contributed by atoms with van der Waals surface area (Å²) >= 11 is 0. The number of fused-ring (bicyclic) bond motifs is 1. The molecule has 0 bridgehead atoms. The topological polar surface area (TPSA) is 100 Å². The number of phenolic OH excluding ortho intramolecular Hbond substituents is 1. The summed E-state index contributed by atoms with van der Waals surface area (Å²) in [6.45, 7) is 1.97. The minimum absolute atomic E-state index is 0.00459. The number of carbonyl (C=O) groups excluding carboxylic acids is 1. The summed E-state index contributed by atoms with van der Waals surface area (Å²) in [5, 5.41) is 15.0. The molecule has 4 rings (SSSR count). The standard InChI is InChI=1S/C25H24FN5O2/c1-16(6-5-9-17-7-3-2-4-8-17)28-25(33)31-23-13-11-20-24(30-23)29-21(15-27-20)18-10-12-22(32)19(26)14-18/h2-4,7-8,10-16,32H,5-6,9H2,1H3,(H2,28,29,30,31,33)/t16-/m1/s1. The fourth-order valence-corrected chi connectivity index (χ4v) is 3.48. The molecule has 4 aromatic rings. The number of phenols is 1. The van der Waals surface area contributed by atoms with Gasteiger partial charge in [0.15, 0.2) is 17.2 Å². The number of pyridine rings is 1. The molecule has 0 unspecified atom stereocenters. The summed E-state index contributed by atoms with van der Waals surface area (Å²) < 4.78 is 13.7. The van der Waals surface area contributed by atoms with Gasteiger partial charge in [0.1, 0.15) is 11.3 Å². The van der Waals surface area contributed by atoms with Crippen LogP contribution in [0, 0.1) is 5.82 Å². The molecule has 2 aromatic carbocycles. The van der Waals surface area contributed by atoms with E-state index in [0.29, 0.717) is 28.2 Å². The van der Waals surface area contributed by atoms with Crippen LogP contribution in [0.25, 0.3) is 22.4 Å². The minimum atomic E-state index is -0.743. The highest BCUT2D eigenvalue weighted by molar-refractivity contribution is 5.89. The molecule has 3 N–H and O–H groups in total. The van der Waals surface area contributed by atoms with Crippen molar-refractivity contribution in [3.63, 3.8) is 0 Å². The van der Waals surface area contributed by atoms with E-state index in [4.69, 9.17) is 0 Å². The molecule has 2 amide bonds. The number of benzene rings is 2. The molecule has 168 valence electrons. The Labute approximate surface area is 190 Å². The molecule has 0 aliphatic carbocycles. The van der Waals surface area contributed by atoms with Gasteiger partial charge in [0.2, 0.25) is 0 Å². The van der Waals surface area contributed by atoms with Crippen LogP contribution < -0.4 is 10.6 Å². The van der Waals surface area contributed by atoms with Gasteiger partial charge in [-0.2, -0.15) is 0 Å². The van der Waals surface area contributed by atoms with Crippen molar-refractivity contribution in [1.29, 1.82) is 0 Å². The fraction of sp³-hybridized carbons (Fsp3) is 0.200. The summed E-state index contributed by atoms with van der Waals surface area (Å²) in [6, 6.07) is 17.2. The molecular weight excluding hydrogens is 421 g/mol. The third-order valence-electron chi connectivity index (χ3n) is 5.21. The lowest BCUT2D eigenvalue weighted by atomic mass is 10.1. The maximum absolute atomic E-state index is 13.7. The highest BCUT2D eigenvalue weighted by Gasteiger charge is 2.11. The Hall–Kier alpha value is -4.07. The van der Waals surface area contributed by atoms with Crippen LogP contribution in [0.15, 0.2) is 66.9 Å². The smallest absolute Gasteiger partial charge is 0.320 e. The molecule has 33 heavy (non-hydrogen) atoms. The second-order valence-corrected chi connectivity index (χ2v) is 7.84. The van der Waals surface area contributed by atoms with Crippen molar-refractivity contribution < 1.29 is 14.3 Å². The second kappa shape index (κ2) is 10.0. The van der Waals surface area contributed by atoms with Gasteiger partial charge in [-0.05, 0) is 62.1 Å². The molecule has 0 radical (unpaired) electrons. The summed E-state index contributed by atoms with van der Waals surface area (Å²) in [6.07, 6.45) is 4.29. The number of urea groups is 1. The van der Waals surface area contributed by atoms with Gasteiger partial charge in [0, 0.05) is 11.6 Å². The fourth-order valence-electron chi connectivity index (χ4n) is 3.48. The molecule has 0 fully saturated rings. The van der Waals surface area contributed by atoms with Crippen LogP contribution >= 0.6 is 0 Å². The van der Waals surface area contributed by atoms with E-state index in [9.17, 15) is 14.3 Å². The van der Waals surface area contributed by atoms with Crippen molar-refractivity contribution in [3.05, 3.63) is 78.2 Å². The zero-order valence-corrected chi connectivity index (χ0v) is 18.1. The monoisotopic (exact) mass is 445 g/mol. The quantitative estimate of drug-likeness (QED) is 0.369. The van der Waals surface area contributed by atoms with E-state index in [-0.39, 0.29) is 12.1 Å². The molecular formula is C25H24FN5O2. The van der Waals surface area contributed by atoms with E-state index in [1.54, 1.807) is 18.2 Å². The Bertz CT molecular complexity index is 1270. The first-order chi connectivity index (χ1) is 16.0. The van der Waals surface area contributed by atoms with Gasteiger partial charge in [-0.1, -0.05) is 30.3 Å². The molecule has 2 aromatic heterocycles. The summed E-state index contributed by atoms with van der Waals surface area (Å²) in [5.74, 6) is -0.843. The average molecular weight is 445 g/mol. The van der Waals surface area contributed by atoms with Gasteiger partial charge < -0.3 is 10.4 Å². The number of anilines is 1. The first-order valence-corrected chi connectivity index (χ1v) is 10.7. The number of nitrogens with one attached hydrogen (secondary N) is 2. The molecule has 7 nitrogen and oxygen atoms in total. The first-order valence-electron chi connectivity index (χ1n) is 10.7. The maximum Gasteiger partial charge on any atom is 0.320 e. The third kappa shape index (κ3) is 5.79. The van der Waals surface area contributed by atoms with E-state index in [0.717, 1.165) is 19.3 Å². The van der Waals surface area contributed by atoms with Gasteiger partial charge in [0.25, 0.3) is 0 Å². The first kappa shape index (κ1) is 22.1. The second-order valence-electron chi connectivity index (χ2n) is 7.84. The molecule has 1 atom stereocenters. The number of rotatable bonds is 7. The Balaban J connectivity index is 1.37. The van der Waals surface area contributed by atoms with Crippen molar-refractivity contribution in [1.82, 2.24) is 20.3 Å². The van der Waals surface area contributed by atoms with Crippen molar-refractivity contribution in [2.75, 3.05) is 5.32 Å². The lowest BCUT2D eigenvalue weighted by Gasteiger charge is -2.14. The van der Waals surface area contributed by atoms with E-state index in [2.05, 4.69) is 37.7 Å². The van der Waals surface area contributed by atoms with Crippen LogP contribution in [0.5, 0.6) is 5.75 Å². The van der Waals surface area contributed by atoms with Crippen LogP contribution in [-0.4, -0.2) is 32.1 Å². The number of carbonyl (C=O) groups is 1. The number of aryl methyl sites for hydroxylation is 1. The molecule has 0 aliphatic heterocycles. The van der Waals surface area contributed by atoms with Crippen molar-refractivity contribution in [2.45, 2.75) is 32.2 Å². The van der Waals surface area contributed by atoms with E-state index >= 15 is 0 Å². The molecule has 0 spiro atoms. The number of nitrogens with zero attached hydrogens (tertiary/aromatic N) is 3. The molecule has 0 saturated heterocycles. The lowest BCUT2D eigenvalue weighted by molar-refractivity contribution is 0.248. The highest BCUT2D eigenvalue weighted by Crippen LogP contribution is 2.24. The zero-order chi connectivity index (χ0) is 23.2. The zero-order valence-electron chi connectivity index (χ0n) is 18.1. The molecule has 0 saturated carbocycles. The maximum atomic E-state index is 13.7. The van der Waals surface area contributed by atoms with Crippen LogP contribution in [0.4, 0.5) is 15.0 Å². The number of aromatic nitrogens is 3. The summed E-state index contributed by atoms with van der Waals surface area (Å²) in [4.78, 5) is 25.5. The van der Waals surface area contributed by atoms with Crippen LogP contribution in [0.3, 0.4) is 0 Å². The van der Waals surface area contributed by atoms with Gasteiger partial charge >= 0.3 is 6.03 Å². The predicted octanol–water partition coefficient (Wildman–Crippen LogP) is 5.07. The number of hydrogen-bond donors (Lipinski definition) is 3. The van der Waals surface area contributed by atoms with Gasteiger partial charge in [-0.25, -0.2) is 19.2 Å². The van der Waals surface area contributed by atoms with Crippen molar-refractivity contribution >= 4 is 23.0 Å². The van der Waals surface area contributed by atoms with E-state index < -0.39 is 11.6 Å². The highest BCUT2D eigenvalue weighted by atomic mass is 19.1.